The minimum Gasteiger partial charge on any atom is -0.488 e. The van der Waals surface area contributed by atoms with Gasteiger partial charge in [-0.2, -0.15) is 5.10 Å². The monoisotopic (exact) mass is 396 g/mol. The molecule has 7 nitrogen and oxygen atoms in total. The summed E-state index contributed by atoms with van der Waals surface area (Å²) in [6, 6.07) is 14.0. The Balaban J connectivity index is 1.85. The van der Waals surface area contributed by atoms with Crippen LogP contribution in [0.1, 0.15) is 22.8 Å². The molecule has 0 amide bonds. The maximum atomic E-state index is 12.0. The molecular formula is C20H16N2O5S. The van der Waals surface area contributed by atoms with E-state index in [4.69, 9.17) is 14.6 Å². The van der Waals surface area contributed by atoms with Gasteiger partial charge >= 0.3 is 11.3 Å². The fourth-order valence-corrected chi connectivity index (χ4v) is 3.75. The summed E-state index contributed by atoms with van der Waals surface area (Å²) in [5.74, 6) is -0.266. The lowest BCUT2D eigenvalue weighted by molar-refractivity contribution is 0.0697. The summed E-state index contributed by atoms with van der Waals surface area (Å²) < 4.78 is 12.6. The van der Waals surface area contributed by atoms with E-state index in [1.807, 2.05) is 24.3 Å². The fourth-order valence-electron chi connectivity index (χ4n) is 3.02. The van der Waals surface area contributed by atoms with Crippen molar-refractivity contribution in [2.45, 2.75) is 18.6 Å². The smallest absolute Gasteiger partial charge is 0.373 e. The van der Waals surface area contributed by atoms with Gasteiger partial charge in [0.05, 0.1) is 29.1 Å². The number of benzene rings is 2. The van der Waals surface area contributed by atoms with E-state index in [0.29, 0.717) is 10.7 Å². The molecule has 1 aliphatic heterocycles. The fraction of sp³-hybridized carbons (Fsp3) is 0.150. The summed E-state index contributed by atoms with van der Waals surface area (Å²) in [5, 5.41) is 13.8. The van der Waals surface area contributed by atoms with Crippen molar-refractivity contribution >= 4 is 23.0 Å². The molecule has 1 aromatic heterocycles. The van der Waals surface area contributed by atoms with Gasteiger partial charge in [0, 0.05) is 17.3 Å². The first-order valence-electron chi connectivity index (χ1n) is 8.61. The average molecular weight is 396 g/mol. The lowest BCUT2D eigenvalue weighted by Gasteiger charge is -2.19. The topological polar surface area (TPSA) is 90.7 Å². The van der Waals surface area contributed by atoms with E-state index in [-0.39, 0.29) is 18.8 Å². The van der Waals surface area contributed by atoms with Crippen molar-refractivity contribution in [2.24, 2.45) is 0 Å². The molecule has 0 radical (unpaired) electrons. The van der Waals surface area contributed by atoms with Crippen LogP contribution in [0.3, 0.4) is 0 Å². The largest absolute Gasteiger partial charge is 0.488 e. The van der Waals surface area contributed by atoms with Crippen LogP contribution in [-0.4, -0.2) is 32.8 Å². The molecule has 1 N–H and O–H groups in total. The highest BCUT2D eigenvalue weighted by molar-refractivity contribution is 8.13. The number of hydrogen-bond donors (Lipinski definition) is 1. The highest BCUT2D eigenvalue weighted by Gasteiger charge is 2.28. The second-order valence-electron chi connectivity index (χ2n) is 5.97. The number of aromatic carboxylic acids is 1. The minimum atomic E-state index is -0.994. The SMILES string of the molecule is CCOC(=O)Sc1nn(-c2ccc(C(=O)O)cc2)c2c1COc1ccccc1-2. The van der Waals surface area contributed by atoms with Gasteiger partial charge in [-0.15, -0.1) is 0 Å². The van der Waals surface area contributed by atoms with Gasteiger partial charge in [0.25, 0.3) is 0 Å². The molecule has 0 saturated heterocycles. The minimum absolute atomic E-state index is 0.189. The maximum Gasteiger partial charge on any atom is 0.373 e. The zero-order valence-corrected chi connectivity index (χ0v) is 15.7. The van der Waals surface area contributed by atoms with Crippen LogP contribution in [0.5, 0.6) is 5.75 Å². The predicted molar refractivity (Wildman–Crippen MR) is 103 cm³/mol. The number of carboxylic acid groups (broad SMARTS) is 1. The number of para-hydroxylation sites is 1. The number of carboxylic acids is 1. The molecule has 142 valence electrons. The van der Waals surface area contributed by atoms with E-state index < -0.39 is 11.3 Å². The summed E-state index contributed by atoms with van der Waals surface area (Å²) in [6.07, 6.45) is 0. The Morgan fingerprint density at radius 2 is 1.96 bits per heavy atom. The summed E-state index contributed by atoms with van der Waals surface area (Å²) in [7, 11) is 0. The number of carbonyl (C=O) groups excluding carboxylic acids is 1. The van der Waals surface area contributed by atoms with E-state index in [1.165, 1.54) is 12.1 Å². The van der Waals surface area contributed by atoms with Crippen LogP contribution in [0.25, 0.3) is 16.9 Å². The number of rotatable bonds is 4. The third-order valence-corrected chi connectivity index (χ3v) is 5.07. The Hall–Kier alpha value is -3.26. The van der Waals surface area contributed by atoms with Gasteiger partial charge in [0.2, 0.25) is 0 Å². The van der Waals surface area contributed by atoms with Crippen LogP contribution in [0, 0.1) is 0 Å². The van der Waals surface area contributed by atoms with E-state index in [0.717, 1.165) is 34.3 Å². The van der Waals surface area contributed by atoms with Crippen molar-refractivity contribution in [3.63, 3.8) is 0 Å². The molecule has 3 aromatic rings. The van der Waals surface area contributed by atoms with Crippen LogP contribution >= 0.6 is 11.8 Å². The lowest BCUT2D eigenvalue weighted by atomic mass is 10.0. The van der Waals surface area contributed by atoms with Crippen molar-refractivity contribution in [1.82, 2.24) is 9.78 Å². The van der Waals surface area contributed by atoms with Crippen LogP contribution in [0.4, 0.5) is 4.79 Å². The third kappa shape index (κ3) is 3.22. The number of nitrogens with zero attached hydrogens (tertiary/aromatic N) is 2. The zero-order valence-electron chi connectivity index (χ0n) is 14.9. The van der Waals surface area contributed by atoms with Gasteiger partial charge in [-0.25, -0.2) is 14.3 Å². The van der Waals surface area contributed by atoms with Crippen LogP contribution < -0.4 is 4.74 Å². The first-order valence-corrected chi connectivity index (χ1v) is 9.42. The average Bonchev–Trinajstić information content (AvgIpc) is 3.07. The second kappa shape index (κ2) is 7.40. The van der Waals surface area contributed by atoms with Gasteiger partial charge in [0.1, 0.15) is 17.4 Å². The van der Waals surface area contributed by atoms with E-state index in [2.05, 4.69) is 5.10 Å². The molecule has 0 atom stereocenters. The Morgan fingerprint density at radius 3 is 2.68 bits per heavy atom. The normalized spacial score (nSPS) is 11.9. The van der Waals surface area contributed by atoms with Crippen LogP contribution in [0.2, 0.25) is 0 Å². The standard InChI is InChI=1S/C20H16N2O5S/c1-2-26-20(25)28-18-15-11-27-16-6-4-3-5-14(16)17(15)22(21-18)13-9-7-12(8-10-13)19(23)24/h3-10H,2,11H2,1H3,(H,23,24). The second-order valence-corrected chi connectivity index (χ2v) is 6.89. The quantitative estimate of drug-likeness (QED) is 0.517. The zero-order chi connectivity index (χ0) is 19.7. The van der Waals surface area contributed by atoms with E-state index >= 15 is 0 Å². The molecular weight excluding hydrogens is 380 g/mol. The first-order chi connectivity index (χ1) is 13.6. The van der Waals surface area contributed by atoms with Crippen molar-refractivity contribution < 1.29 is 24.2 Å². The van der Waals surface area contributed by atoms with Crippen molar-refractivity contribution in [3.8, 4) is 22.7 Å². The van der Waals surface area contributed by atoms with Crippen LogP contribution in [-0.2, 0) is 11.3 Å². The Labute approximate surface area is 164 Å². The molecule has 0 unspecified atom stereocenters. The van der Waals surface area contributed by atoms with E-state index in [9.17, 15) is 9.59 Å². The Kier molecular flexibility index (Phi) is 4.79. The lowest BCUT2D eigenvalue weighted by Crippen LogP contribution is -2.08. The number of fused-ring (bicyclic) bond motifs is 3. The summed E-state index contributed by atoms with van der Waals surface area (Å²) in [5.41, 5.74) is 3.34. The molecule has 28 heavy (non-hydrogen) atoms. The highest BCUT2D eigenvalue weighted by Crippen LogP contribution is 2.42. The van der Waals surface area contributed by atoms with Gasteiger partial charge in [-0.3, -0.25) is 0 Å². The molecule has 0 saturated carbocycles. The molecule has 1 aliphatic rings. The molecule has 0 fully saturated rings. The molecule has 4 rings (SSSR count). The van der Waals surface area contributed by atoms with Gasteiger partial charge in [-0.1, -0.05) is 12.1 Å². The molecule has 0 aliphatic carbocycles. The van der Waals surface area contributed by atoms with Gasteiger partial charge < -0.3 is 14.6 Å². The Morgan fingerprint density at radius 1 is 1.21 bits per heavy atom. The maximum absolute atomic E-state index is 12.0. The molecule has 2 heterocycles. The molecule has 8 heteroatoms. The van der Waals surface area contributed by atoms with Crippen molar-refractivity contribution in [2.75, 3.05) is 6.61 Å². The van der Waals surface area contributed by atoms with Crippen LogP contribution in [0.15, 0.2) is 53.6 Å². The number of ether oxygens (including phenoxy) is 2. The summed E-state index contributed by atoms with van der Waals surface area (Å²) in [4.78, 5) is 23.1. The van der Waals surface area contributed by atoms with Crippen molar-refractivity contribution in [3.05, 3.63) is 59.7 Å². The van der Waals surface area contributed by atoms with Gasteiger partial charge in [-0.05, 0) is 43.3 Å². The molecule has 0 spiro atoms. The molecule has 2 aromatic carbocycles. The first kappa shape index (κ1) is 18.1. The number of carbonyl (C=O) groups is 2. The summed E-state index contributed by atoms with van der Waals surface area (Å²) in [6.45, 7) is 2.31. The highest BCUT2D eigenvalue weighted by atomic mass is 32.2. The Bertz CT molecular complexity index is 1060. The van der Waals surface area contributed by atoms with E-state index in [1.54, 1.807) is 23.7 Å². The number of thioether (sulfide) groups is 1. The number of hydrogen-bond acceptors (Lipinski definition) is 6. The number of aromatic nitrogens is 2. The van der Waals surface area contributed by atoms with Crippen molar-refractivity contribution in [1.29, 1.82) is 0 Å². The molecule has 0 bridgehead atoms. The van der Waals surface area contributed by atoms with Gasteiger partial charge in [0.15, 0.2) is 0 Å². The predicted octanol–water partition coefficient (Wildman–Crippen LogP) is 4.38. The summed E-state index contributed by atoms with van der Waals surface area (Å²) >= 11 is 0.914. The third-order valence-electron chi connectivity index (χ3n) is 4.26.